The SMILES string of the molecule is Cc1cc(C)cc(NC(=O)/C=C/c2cccc(N)c2)c1. The number of benzene rings is 2. The summed E-state index contributed by atoms with van der Waals surface area (Å²) in [6, 6.07) is 13.3. The van der Waals surface area contributed by atoms with E-state index in [0.717, 1.165) is 22.4 Å². The Morgan fingerprint density at radius 1 is 1.10 bits per heavy atom. The van der Waals surface area contributed by atoms with Crippen LogP contribution < -0.4 is 11.1 Å². The molecule has 2 aromatic carbocycles. The lowest BCUT2D eigenvalue weighted by Crippen LogP contribution is -2.08. The van der Waals surface area contributed by atoms with Gasteiger partial charge in [0, 0.05) is 17.5 Å². The predicted octanol–water partition coefficient (Wildman–Crippen LogP) is 3.54. The van der Waals surface area contributed by atoms with Gasteiger partial charge < -0.3 is 11.1 Å². The van der Waals surface area contributed by atoms with Crippen LogP contribution in [-0.2, 0) is 4.79 Å². The number of amides is 1. The minimum atomic E-state index is -0.155. The molecule has 0 radical (unpaired) electrons. The van der Waals surface area contributed by atoms with E-state index in [4.69, 9.17) is 5.73 Å². The van der Waals surface area contributed by atoms with Crippen molar-refractivity contribution in [1.29, 1.82) is 0 Å². The van der Waals surface area contributed by atoms with Crippen LogP contribution in [0.25, 0.3) is 6.08 Å². The molecule has 0 spiro atoms. The summed E-state index contributed by atoms with van der Waals surface area (Å²) in [6.45, 7) is 4.01. The Morgan fingerprint density at radius 2 is 1.80 bits per heavy atom. The Morgan fingerprint density at radius 3 is 2.45 bits per heavy atom. The zero-order chi connectivity index (χ0) is 14.5. The molecule has 0 aliphatic rings. The number of carbonyl (C=O) groups excluding carboxylic acids is 1. The third-order valence-electron chi connectivity index (χ3n) is 2.83. The van der Waals surface area contributed by atoms with Gasteiger partial charge in [-0.1, -0.05) is 18.2 Å². The molecule has 0 aromatic heterocycles. The zero-order valence-electron chi connectivity index (χ0n) is 11.7. The Hall–Kier alpha value is -2.55. The molecule has 20 heavy (non-hydrogen) atoms. The molecule has 0 bridgehead atoms. The third-order valence-corrected chi connectivity index (χ3v) is 2.83. The van der Waals surface area contributed by atoms with Crippen molar-refractivity contribution in [1.82, 2.24) is 0 Å². The normalized spacial score (nSPS) is 10.7. The molecule has 0 aliphatic carbocycles. The molecule has 3 heteroatoms. The number of nitrogen functional groups attached to an aromatic ring is 1. The highest BCUT2D eigenvalue weighted by Crippen LogP contribution is 2.14. The minimum Gasteiger partial charge on any atom is -0.399 e. The number of hydrogen-bond acceptors (Lipinski definition) is 2. The molecule has 0 saturated carbocycles. The molecular weight excluding hydrogens is 248 g/mol. The number of nitrogens with one attached hydrogen (secondary N) is 1. The van der Waals surface area contributed by atoms with Crippen LogP contribution in [-0.4, -0.2) is 5.91 Å². The van der Waals surface area contributed by atoms with Gasteiger partial charge >= 0.3 is 0 Å². The van der Waals surface area contributed by atoms with E-state index >= 15 is 0 Å². The van der Waals surface area contributed by atoms with Crippen molar-refractivity contribution >= 4 is 23.4 Å². The maximum Gasteiger partial charge on any atom is 0.248 e. The lowest BCUT2D eigenvalue weighted by molar-refractivity contribution is -0.111. The average Bonchev–Trinajstić information content (AvgIpc) is 2.35. The fourth-order valence-electron chi connectivity index (χ4n) is 2.07. The molecule has 0 atom stereocenters. The van der Waals surface area contributed by atoms with Gasteiger partial charge in [0.2, 0.25) is 5.91 Å². The molecule has 3 nitrogen and oxygen atoms in total. The van der Waals surface area contributed by atoms with Crippen molar-refractivity contribution in [3.8, 4) is 0 Å². The number of carbonyl (C=O) groups is 1. The van der Waals surface area contributed by atoms with Gasteiger partial charge in [-0.05, 0) is 60.9 Å². The van der Waals surface area contributed by atoms with Crippen molar-refractivity contribution in [2.75, 3.05) is 11.1 Å². The van der Waals surface area contributed by atoms with Crippen LogP contribution in [0.1, 0.15) is 16.7 Å². The Balaban J connectivity index is 2.05. The lowest BCUT2D eigenvalue weighted by Gasteiger charge is -2.05. The van der Waals surface area contributed by atoms with Crippen LogP contribution in [0.3, 0.4) is 0 Å². The van der Waals surface area contributed by atoms with Crippen LogP contribution in [0, 0.1) is 13.8 Å². The van der Waals surface area contributed by atoms with E-state index in [2.05, 4.69) is 11.4 Å². The van der Waals surface area contributed by atoms with E-state index in [1.165, 1.54) is 6.08 Å². The van der Waals surface area contributed by atoms with Crippen molar-refractivity contribution in [2.45, 2.75) is 13.8 Å². The van der Waals surface area contributed by atoms with E-state index in [1.54, 1.807) is 6.08 Å². The van der Waals surface area contributed by atoms with Crippen molar-refractivity contribution in [3.05, 3.63) is 65.2 Å². The average molecular weight is 266 g/mol. The second-order valence-corrected chi connectivity index (χ2v) is 4.87. The van der Waals surface area contributed by atoms with E-state index in [-0.39, 0.29) is 5.91 Å². The molecule has 0 fully saturated rings. The minimum absolute atomic E-state index is 0.155. The fourth-order valence-corrected chi connectivity index (χ4v) is 2.07. The second-order valence-electron chi connectivity index (χ2n) is 4.87. The van der Waals surface area contributed by atoms with Gasteiger partial charge in [0.05, 0.1) is 0 Å². The predicted molar refractivity (Wildman–Crippen MR) is 84.4 cm³/mol. The van der Waals surface area contributed by atoms with Gasteiger partial charge in [-0.15, -0.1) is 0 Å². The quantitative estimate of drug-likeness (QED) is 0.659. The number of rotatable bonds is 3. The standard InChI is InChI=1S/C17H18N2O/c1-12-8-13(2)10-16(9-12)19-17(20)7-6-14-4-3-5-15(18)11-14/h3-11H,18H2,1-2H3,(H,19,20)/b7-6+. The molecule has 0 saturated heterocycles. The third kappa shape index (κ3) is 3.99. The van der Waals surface area contributed by atoms with Crippen LogP contribution in [0.4, 0.5) is 11.4 Å². The highest BCUT2D eigenvalue weighted by Gasteiger charge is 1.99. The fraction of sp³-hybridized carbons (Fsp3) is 0.118. The molecule has 2 aromatic rings. The summed E-state index contributed by atoms with van der Waals surface area (Å²) < 4.78 is 0. The molecule has 0 unspecified atom stereocenters. The van der Waals surface area contributed by atoms with Crippen LogP contribution in [0.15, 0.2) is 48.5 Å². The first-order valence-corrected chi connectivity index (χ1v) is 6.46. The highest BCUT2D eigenvalue weighted by molar-refractivity contribution is 6.02. The summed E-state index contributed by atoms with van der Waals surface area (Å²) in [5.74, 6) is -0.155. The van der Waals surface area contributed by atoms with Crippen LogP contribution in [0.5, 0.6) is 0 Å². The van der Waals surface area contributed by atoms with Crippen molar-refractivity contribution in [3.63, 3.8) is 0 Å². The topological polar surface area (TPSA) is 55.1 Å². The monoisotopic (exact) mass is 266 g/mol. The summed E-state index contributed by atoms with van der Waals surface area (Å²) in [6.07, 6.45) is 3.25. The number of nitrogens with two attached hydrogens (primary N) is 1. The molecule has 3 N–H and O–H groups in total. The van der Waals surface area contributed by atoms with E-state index < -0.39 is 0 Å². The molecular formula is C17H18N2O. The van der Waals surface area contributed by atoms with E-state index in [9.17, 15) is 4.79 Å². The molecule has 102 valence electrons. The van der Waals surface area contributed by atoms with Gasteiger partial charge in [-0.3, -0.25) is 4.79 Å². The van der Waals surface area contributed by atoms with Gasteiger partial charge in [0.25, 0.3) is 0 Å². The number of aryl methyl sites for hydroxylation is 2. The molecule has 0 heterocycles. The lowest BCUT2D eigenvalue weighted by atomic mass is 10.1. The maximum absolute atomic E-state index is 11.9. The number of anilines is 2. The first-order valence-electron chi connectivity index (χ1n) is 6.46. The van der Waals surface area contributed by atoms with Crippen molar-refractivity contribution < 1.29 is 4.79 Å². The summed E-state index contributed by atoms with van der Waals surface area (Å²) in [7, 11) is 0. The largest absolute Gasteiger partial charge is 0.399 e. The van der Waals surface area contributed by atoms with E-state index in [1.807, 2.05) is 50.2 Å². The summed E-state index contributed by atoms with van der Waals surface area (Å²) in [5, 5.41) is 2.85. The highest BCUT2D eigenvalue weighted by atomic mass is 16.1. The Kier molecular flexibility index (Phi) is 4.20. The maximum atomic E-state index is 11.9. The first-order chi connectivity index (χ1) is 9.52. The molecule has 0 aliphatic heterocycles. The summed E-state index contributed by atoms with van der Waals surface area (Å²) in [5.41, 5.74) is 10.3. The van der Waals surface area contributed by atoms with E-state index in [0.29, 0.717) is 5.69 Å². The van der Waals surface area contributed by atoms with Gasteiger partial charge in [-0.25, -0.2) is 0 Å². The zero-order valence-corrected chi connectivity index (χ0v) is 11.7. The summed E-state index contributed by atoms with van der Waals surface area (Å²) >= 11 is 0. The van der Waals surface area contributed by atoms with Gasteiger partial charge in [0.15, 0.2) is 0 Å². The molecule has 2 rings (SSSR count). The Bertz CT molecular complexity index is 640. The van der Waals surface area contributed by atoms with Crippen LogP contribution >= 0.6 is 0 Å². The molecule has 1 amide bonds. The second kappa shape index (κ2) is 6.06. The number of hydrogen-bond donors (Lipinski definition) is 2. The van der Waals surface area contributed by atoms with Crippen LogP contribution in [0.2, 0.25) is 0 Å². The summed E-state index contributed by atoms with van der Waals surface area (Å²) in [4.78, 5) is 11.9. The Labute approximate surface area is 119 Å². The van der Waals surface area contributed by atoms with Crippen molar-refractivity contribution in [2.24, 2.45) is 0 Å². The van der Waals surface area contributed by atoms with Gasteiger partial charge in [0.1, 0.15) is 0 Å². The first kappa shape index (κ1) is 13.9. The van der Waals surface area contributed by atoms with Gasteiger partial charge in [-0.2, -0.15) is 0 Å². The smallest absolute Gasteiger partial charge is 0.248 e.